The van der Waals surface area contributed by atoms with Crippen molar-refractivity contribution in [3.8, 4) is 0 Å². The van der Waals surface area contributed by atoms with E-state index >= 15 is 0 Å². The van der Waals surface area contributed by atoms with Gasteiger partial charge in [-0.2, -0.15) is 0 Å². The molecule has 1 aromatic heterocycles. The van der Waals surface area contributed by atoms with Crippen LogP contribution in [-0.4, -0.2) is 21.1 Å². The van der Waals surface area contributed by atoms with Gasteiger partial charge >= 0.3 is 0 Å². The second-order valence-corrected chi connectivity index (χ2v) is 8.21. The second-order valence-electron chi connectivity index (χ2n) is 5.81. The summed E-state index contributed by atoms with van der Waals surface area (Å²) in [4.78, 5) is 4.35. The number of rotatable bonds is 3. The SMILES string of the molecule is CC(C)(C)SN=C(c1cccc(Br)n1)C1(F)CCC1. The molecule has 19 heavy (non-hydrogen) atoms. The molecular formula is C14H18BrFN2S. The van der Waals surface area contributed by atoms with E-state index in [2.05, 4.69) is 46.1 Å². The first-order valence-corrected chi connectivity index (χ1v) is 7.95. The molecule has 0 aliphatic heterocycles. The van der Waals surface area contributed by atoms with E-state index in [1.165, 1.54) is 11.9 Å². The highest BCUT2D eigenvalue weighted by Crippen LogP contribution is 2.40. The van der Waals surface area contributed by atoms with Crippen LogP contribution in [-0.2, 0) is 0 Å². The fourth-order valence-electron chi connectivity index (χ4n) is 1.80. The number of pyridine rings is 1. The molecule has 1 heterocycles. The summed E-state index contributed by atoms with van der Waals surface area (Å²) in [5.41, 5.74) is -0.181. The molecule has 1 aliphatic carbocycles. The average Bonchev–Trinajstić information content (AvgIpc) is 2.25. The molecule has 1 aliphatic rings. The van der Waals surface area contributed by atoms with Crippen LogP contribution in [0.2, 0.25) is 0 Å². The lowest BCUT2D eigenvalue weighted by Gasteiger charge is -2.34. The highest BCUT2D eigenvalue weighted by Gasteiger charge is 2.43. The van der Waals surface area contributed by atoms with Gasteiger partial charge in [0.25, 0.3) is 0 Å². The van der Waals surface area contributed by atoms with E-state index in [1.54, 1.807) is 0 Å². The maximum atomic E-state index is 14.8. The molecule has 0 bridgehead atoms. The molecule has 2 nitrogen and oxygen atoms in total. The molecule has 1 fully saturated rings. The fourth-order valence-corrected chi connectivity index (χ4v) is 2.77. The molecule has 2 rings (SSSR count). The normalized spacial score (nSPS) is 19.1. The molecule has 0 amide bonds. The van der Waals surface area contributed by atoms with Gasteiger partial charge in [-0.3, -0.25) is 0 Å². The van der Waals surface area contributed by atoms with Crippen molar-refractivity contribution in [2.24, 2.45) is 4.40 Å². The first-order valence-electron chi connectivity index (χ1n) is 6.39. The van der Waals surface area contributed by atoms with Crippen LogP contribution in [0, 0.1) is 0 Å². The summed E-state index contributed by atoms with van der Waals surface area (Å²) in [6.45, 7) is 6.20. The van der Waals surface area contributed by atoms with Gasteiger partial charge in [0.2, 0.25) is 0 Å². The lowest BCUT2D eigenvalue weighted by molar-refractivity contribution is 0.143. The predicted octanol–water partition coefficient (Wildman–Crippen LogP) is 4.97. The lowest BCUT2D eigenvalue weighted by Crippen LogP contribution is -2.41. The summed E-state index contributed by atoms with van der Waals surface area (Å²) in [5.74, 6) is 0. The highest BCUT2D eigenvalue weighted by atomic mass is 79.9. The van der Waals surface area contributed by atoms with Gasteiger partial charge in [-0.1, -0.05) is 6.07 Å². The van der Waals surface area contributed by atoms with Crippen LogP contribution in [0.15, 0.2) is 27.2 Å². The first-order chi connectivity index (χ1) is 8.80. The topological polar surface area (TPSA) is 25.2 Å². The van der Waals surface area contributed by atoms with E-state index in [-0.39, 0.29) is 4.75 Å². The van der Waals surface area contributed by atoms with Crippen LogP contribution >= 0.6 is 27.9 Å². The fraction of sp³-hybridized carbons (Fsp3) is 0.571. The monoisotopic (exact) mass is 344 g/mol. The second kappa shape index (κ2) is 5.52. The number of halogens is 2. The maximum absolute atomic E-state index is 14.8. The summed E-state index contributed by atoms with van der Waals surface area (Å²) in [5, 5.41) is 0. The molecule has 0 unspecified atom stereocenters. The average molecular weight is 345 g/mol. The van der Waals surface area contributed by atoms with E-state index in [1.807, 2.05) is 18.2 Å². The molecular weight excluding hydrogens is 327 g/mol. The third kappa shape index (κ3) is 3.78. The van der Waals surface area contributed by atoms with Crippen LogP contribution in [0.1, 0.15) is 45.7 Å². The van der Waals surface area contributed by atoms with Crippen molar-refractivity contribution in [3.63, 3.8) is 0 Å². The largest absolute Gasteiger partial charge is 0.239 e. The Morgan fingerprint density at radius 3 is 2.58 bits per heavy atom. The Kier molecular flexibility index (Phi) is 4.35. The van der Waals surface area contributed by atoms with Crippen molar-refractivity contribution in [2.75, 3.05) is 0 Å². The zero-order valence-electron chi connectivity index (χ0n) is 11.4. The Labute approximate surface area is 126 Å². The molecule has 5 heteroatoms. The number of aromatic nitrogens is 1. The van der Waals surface area contributed by atoms with Gasteiger partial charge < -0.3 is 0 Å². The molecule has 0 saturated heterocycles. The van der Waals surface area contributed by atoms with Gasteiger partial charge in [0.1, 0.15) is 10.3 Å². The van der Waals surface area contributed by atoms with Gasteiger partial charge in [0, 0.05) is 4.75 Å². The van der Waals surface area contributed by atoms with Crippen LogP contribution in [0.5, 0.6) is 0 Å². The summed E-state index contributed by atoms with van der Waals surface area (Å²) in [7, 11) is 0. The zero-order valence-corrected chi connectivity index (χ0v) is 13.8. The Morgan fingerprint density at radius 1 is 1.42 bits per heavy atom. The minimum Gasteiger partial charge on any atom is -0.239 e. The molecule has 104 valence electrons. The summed E-state index contributed by atoms with van der Waals surface area (Å²) >= 11 is 4.74. The summed E-state index contributed by atoms with van der Waals surface area (Å²) < 4.78 is 19.9. The van der Waals surface area contributed by atoms with Crippen LogP contribution in [0.3, 0.4) is 0 Å². The Morgan fingerprint density at radius 2 is 2.11 bits per heavy atom. The zero-order chi connectivity index (χ0) is 14.1. The number of nitrogens with zero attached hydrogens (tertiary/aromatic N) is 2. The third-order valence-electron chi connectivity index (χ3n) is 2.94. The number of alkyl halides is 1. The minimum absolute atomic E-state index is 0.0304. The molecule has 1 aromatic rings. The van der Waals surface area contributed by atoms with E-state index < -0.39 is 5.67 Å². The highest BCUT2D eigenvalue weighted by molar-refractivity contribution is 9.10. The van der Waals surface area contributed by atoms with Gasteiger partial charge in [0.05, 0.1) is 5.69 Å². The quantitative estimate of drug-likeness (QED) is 0.439. The van der Waals surface area contributed by atoms with E-state index in [4.69, 9.17) is 0 Å². The molecule has 0 spiro atoms. The summed E-state index contributed by atoms with van der Waals surface area (Å²) in [6.07, 6.45) is 2.01. The molecule has 1 saturated carbocycles. The maximum Gasteiger partial charge on any atom is 0.155 e. The van der Waals surface area contributed by atoms with Crippen LogP contribution < -0.4 is 0 Å². The standard InChI is InChI=1S/C14H18BrFN2S/c1-13(2,3)19-18-12(14(16)8-5-9-14)10-6-4-7-11(15)17-10/h4,6-7H,5,8-9H2,1-3H3. The van der Waals surface area contributed by atoms with Gasteiger partial charge in [-0.25, -0.2) is 13.8 Å². The molecule has 0 radical (unpaired) electrons. The van der Waals surface area contributed by atoms with Crippen molar-refractivity contribution in [2.45, 2.75) is 50.4 Å². The molecule has 0 atom stereocenters. The molecule has 0 aromatic carbocycles. The van der Waals surface area contributed by atoms with Crippen molar-refractivity contribution >= 4 is 33.6 Å². The van der Waals surface area contributed by atoms with Crippen molar-refractivity contribution in [1.29, 1.82) is 0 Å². The van der Waals surface area contributed by atoms with Gasteiger partial charge in [-0.15, -0.1) is 0 Å². The third-order valence-corrected chi connectivity index (χ3v) is 4.20. The van der Waals surface area contributed by atoms with Crippen LogP contribution in [0.4, 0.5) is 4.39 Å². The number of hydrogen-bond donors (Lipinski definition) is 0. The van der Waals surface area contributed by atoms with Crippen molar-refractivity contribution < 1.29 is 4.39 Å². The van der Waals surface area contributed by atoms with Crippen molar-refractivity contribution in [3.05, 3.63) is 28.5 Å². The van der Waals surface area contributed by atoms with E-state index in [0.717, 1.165) is 6.42 Å². The van der Waals surface area contributed by atoms with Crippen molar-refractivity contribution in [1.82, 2.24) is 4.98 Å². The number of hydrogen-bond acceptors (Lipinski definition) is 3. The van der Waals surface area contributed by atoms with E-state index in [0.29, 0.717) is 28.9 Å². The minimum atomic E-state index is -1.30. The van der Waals surface area contributed by atoms with Crippen LogP contribution in [0.25, 0.3) is 0 Å². The summed E-state index contributed by atoms with van der Waals surface area (Å²) in [6, 6.07) is 5.53. The Hall–Kier alpha value is -0.420. The Balaban J connectivity index is 2.35. The smallest absolute Gasteiger partial charge is 0.155 e. The van der Waals surface area contributed by atoms with E-state index in [9.17, 15) is 4.39 Å². The Bertz CT molecular complexity index is 492. The molecule has 0 N–H and O–H groups in total. The van der Waals surface area contributed by atoms with Gasteiger partial charge in [0.15, 0.2) is 5.67 Å². The first kappa shape index (κ1) is 15.0. The lowest BCUT2D eigenvalue weighted by atomic mass is 9.77. The predicted molar refractivity (Wildman–Crippen MR) is 83.5 cm³/mol. The van der Waals surface area contributed by atoms with Gasteiger partial charge in [-0.05, 0) is 80.0 Å².